The Morgan fingerprint density at radius 2 is 1.23 bits per heavy atom. The molecule has 7 aromatic carbocycles. The van der Waals surface area contributed by atoms with Crippen molar-refractivity contribution in [2.45, 2.75) is 46.5 Å². The molecule has 0 saturated heterocycles. The summed E-state index contributed by atoms with van der Waals surface area (Å²) >= 11 is 0. The van der Waals surface area contributed by atoms with Gasteiger partial charge in [-0.05, 0) is 101 Å². The number of ether oxygens (including phenoxy) is 1. The van der Waals surface area contributed by atoms with Crippen molar-refractivity contribution in [2.75, 3.05) is 18.6 Å². The number of pyridine rings is 2. The molecule has 69 heavy (non-hydrogen) atoms. The molecule has 336 valence electrons. The molecule has 0 aliphatic carbocycles. The van der Waals surface area contributed by atoms with Crippen LogP contribution in [0.25, 0.3) is 99.3 Å². The van der Waals surface area contributed by atoms with Crippen LogP contribution in [0.5, 0.6) is 11.5 Å². The van der Waals surface area contributed by atoms with Crippen LogP contribution in [-0.2, 0) is 0 Å². The molecular formula is C61H50N6O2. The molecule has 5 aromatic heterocycles. The Labute approximate surface area is 399 Å². The lowest BCUT2D eigenvalue weighted by Gasteiger charge is -2.22. The molecule has 0 N–H and O–H groups in total. The van der Waals surface area contributed by atoms with Crippen LogP contribution in [0.1, 0.15) is 56.2 Å². The first-order chi connectivity index (χ1) is 33.7. The second-order valence-corrected chi connectivity index (χ2v) is 19.3. The molecule has 13 rings (SSSR count). The lowest BCUT2D eigenvalue weighted by Crippen LogP contribution is -2.21. The van der Waals surface area contributed by atoms with Crippen molar-refractivity contribution in [2.24, 2.45) is 0 Å². The fourth-order valence-electron chi connectivity index (χ4n) is 10.8. The van der Waals surface area contributed by atoms with E-state index in [0.29, 0.717) is 0 Å². The SMILES string of the molecule is Cc1ccc(-n2c3ccccc3c3ccc(Oc4ccc5c6ccccc6n6c(-c7c(C(C)C)cc(-c8cccc9c8oc8c(N%10C=CN(C)C%10)cccc89)cc7C(C)C)cnc6c5c4)cc32)nc1. The maximum atomic E-state index is 6.95. The average Bonchev–Trinajstić information content (AvgIpc) is 4.17. The predicted molar refractivity (Wildman–Crippen MR) is 284 cm³/mol. The van der Waals surface area contributed by atoms with Gasteiger partial charge in [0.1, 0.15) is 28.5 Å². The fourth-order valence-corrected chi connectivity index (χ4v) is 10.8. The number of nitrogens with zero attached hydrogens (tertiary/aromatic N) is 6. The van der Waals surface area contributed by atoms with Gasteiger partial charge in [-0.3, -0.25) is 8.97 Å². The van der Waals surface area contributed by atoms with Crippen LogP contribution < -0.4 is 9.64 Å². The quantitative estimate of drug-likeness (QED) is 0.142. The smallest absolute Gasteiger partial charge is 0.159 e. The Kier molecular flexibility index (Phi) is 9.24. The number of aryl methyl sites for hydroxylation is 1. The van der Waals surface area contributed by atoms with Gasteiger partial charge in [-0.1, -0.05) is 113 Å². The van der Waals surface area contributed by atoms with Crippen molar-refractivity contribution in [1.29, 1.82) is 0 Å². The van der Waals surface area contributed by atoms with Crippen LogP contribution in [-0.4, -0.2) is 37.6 Å². The van der Waals surface area contributed by atoms with Gasteiger partial charge in [-0.15, -0.1) is 0 Å². The molecule has 0 saturated carbocycles. The number of imidazole rings is 1. The van der Waals surface area contributed by atoms with Crippen LogP contribution in [0.3, 0.4) is 0 Å². The van der Waals surface area contributed by atoms with Gasteiger partial charge in [0.15, 0.2) is 5.58 Å². The van der Waals surface area contributed by atoms with Gasteiger partial charge < -0.3 is 19.0 Å². The summed E-state index contributed by atoms with van der Waals surface area (Å²) in [7, 11) is 2.09. The number of para-hydroxylation sites is 4. The molecule has 12 aromatic rings. The molecule has 8 nitrogen and oxygen atoms in total. The Balaban J connectivity index is 0.958. The normalized spacial score (nSPS) is 13.2. The first kappa shape index (κ1) is 40.9. The lowest BCUT2D eigenvalue weighted by atomic mass is 9.84. The molecule has 0 bridgehead atoms. The average molecular weight is 899 g/mol. The third-order valence-electron chi connectivity index (χ3n) is 14.1. The molecule has 6 heterocycles. The minimum atomic E-state index is 0.216. The largest absolute Gasteiger partial charge is 0.457 e. The summed E-state index contributed by atoms with van der Waals surface area (Å²) in [6.45, 7) is 12.0. The Morgan fingerprint density at radius 3 is 1.96 bits per heavy atom. The van der Waals surface area contributed by atoms with E-state index in [1.54, 1.807) is 0 Å². The maximum Gasteiger partial charge on any atom is 0.159 e. The zero-order valence-electron chi connectivity index (χ0n) is 39.5. The molecule has 0 spiro atoms. The van der Waals surface area contributed by atoms with Gasteiger partial charge in [-0.25, -0.2) is 9.97 Å². The summed E-state index contributed by atoms with van der Waals surface area (Å²) in [4.78, 5) is 14.5. The molecule has 0 fully saturated rings. The van der Waals surface area contributed by atoms with Crippen LogP contribution >= 0.6 is 0 Å². The molecule has 1 aliphatic heterocycles. The van der Waals surface area contributed by atoms with E-state index in [9.17, 15) is 0 Å². The van der Waals surface area contributed by atoms with E-state index in [-0.39, 0.29) is 11.8 Å². The van der Waals surface area contributed by atoms with Crippen molar-refractivity contribution < 1.29 is 9.15 Å². The predicted octanol–water partition coefficient (Wildman–Crippen LogP) is 15.9. The number of anilines is 1. The van der Waals surface area contributed by atoms with Gasteiger partial charge in [0.25, 0.3) is 0 Å². The number of fused-ring (bicyclic) bond motifs is 12. The summed E-state index contributed by atoms with van der Waals surface area (Å²) < 4.78 is 18.4. The van der Waals surface area contributed by atoms with Crippen molar-refractivity contribution in [3.05, 3.63) is 187 Å². The summed E-state index contributed by atoms with van der Waals surface area (Å²) in [5.74, 6) is 2.79. The molecule has 0 radical (unpaired) electrons. The number of rotatable bonds is 8. The first-order valence-corrected chi connectivity index (χ1v) is 23.9. The number of hydrogen-bond acceptors (Lipinski definition) is 6. The molecule has 8 heteroatoms. The van der Waals surface area contributed by atoms with Crippen LogP contribution in [0.15, 0.2) is 175 Å². The maximum absolute atomic E-state index is 6.95. The summed E-state index contributed by atoms with van der Waals surface area (Å²) in [6, 6.07) is 52.0. The van der Waals surface area contributed by atoms with Crippen LogP contribution in [0.4, 0.5) is 5.69 Å². The van der Waals surface area contributed by atoms with Gasteiger partial charge in [-0.2, -0.15) is 0 Å². The Bertz CT molecular complexity index is 4050. The van der Waals surface area contributed by atoms with Crippen molar-refractivity contribution in [3.8, 4) is 39.7 Å². The van der Waals surface area contributed by atoms with E-state index in [0.717, 1.165) is 118 Å². The van der Waals surface area contributed by atoms with Crippen molar-refractivity contribution >= 4 is 76.8 Å². The highest BCUT2D eigenvalue weighted by atomic mass is 16.5. The summed E-state index contributed by atoms with van der Waals surface area (Å²) in [5, 5.41) is 7.87. The molecule has 0 amide bonds. The fraction of sp³-hybridized carbons (Fsp3) is 0.148. The van der Waals surface area contributed by atoms with Gasteiger partial charge in [0, 0.05) is 75.2 Å². The lowest BCUT2D eigenvalue weighted by molar-refractivity contribution is 0.484. The zero-order chi connectivity index (χ0) is 46.7. The van der Waals surface area contributed by atoms with Crippen molar-refractivity contribution in [1.82, 2.24) is 23.8 Å². The topological polar surface area (TPSA) is 64.0 Å². The number of furan rings is 1. The van der Waals surface area contributed by atoms with Crippen LogP contribution in [0.2, 0.25) is 0 Å². The first-order valence-electron chi connectivity index (χ1n) is 23.9. The van der Waals surface area contributed by atoms with E-state index in [2.05, 4.69) is 225 Å². The van der Waals surface area contributed by atoms with E-state index in [1.807, 2.05) is 6.20 Å². The number of hydrogen-bond donors (Lipinski definition) is 0. The second-order valence-electron chi connectivity index (χ2n) is 19.3. The molecule has 0 atom stereocenters. The molecule has 0 unspecified atom stereocenters. The monoisotopic (exact) mass is 898 g/mol. The van der Waals surface area contributed by atoms with Gasteiger partial charge in [0.05, 0.1) is 40.8 Å². The summed E-state index contributed by atoms with van der Waals surface area (Å²) in [5.41, 5.74) is 15.2. The Hall–Kier alpha value is -8.36. The highest BCUT2D eigenvalue weighted by Crippen LogP contribution is 2.46. The molecular weight excluding hydrogens is 849 g/mol. The highest BCUT2D eigenvalue weighted by Gasteiger charge is 2.25. The standard InChI is InChI=1S/C61H50N6O2/c1-36(2)49-29-39(42-15-11-16-47-48-17-12-20-54(60(48)69-59(42)47)65-28-27-64(6)35-65)30-50(37(3)4)58(49)56-34-63-61-51-31-40(22-24-43(51)44-13-7-10-19-53(44)67(56)61)68-41-23-25-46-45-14-8-9-18-52(45)66(55(46)32-41)57-26-21-38(5)33-62-57/h7-34,36-37H,35H2,1-6H3. The van der Waals surface area contributed by atoms with E-state index >= 15 is 0 Å². The van der Waals surface area contributed by atoms with Crippen molar-refractivity contribution in [3.63, 3.8) is 0 Å². The van der Waals surface area contributed by atoms with Gasteiger partial charge in [0.2, 0.25) is 0 Å². The third kappa shape index (κ3) is 6.42. The second kappa shape index (κ2) is 15.6. The third-order valence-corrected chi connectivity index (χ3v) is 14.1. The minimum absolute atomic E-state index is 0.216. The van der Waals surface area contributed by atoms with Crippen LogP contribution in [0, 0.1) is 6.92 Å². The number of aromatic nitrogens is 4. The molecule has 1 aliphatic rings. The zero-order valence-corrected chi connectivity index (χ0v) is 39.5. The highest BCUT2D eigenvalue weighted by molar-refractivity contribution is 6.14. The van der Waals surface area contributed by atoms with E-state index < -0.39 is 0 Å². The Morgan fingerprint density at radius 1 is 0.565 bits per heavy atom. The minimum Gasteiger partial charge on any atom is -0.457 e. The number of benzene rings is 7. The van der Waals surface area contributed by atoms with E-state index in [4.69, 9.17) is 19.1 Å². The van der Waals surface area contributed by atoms with Gasteiger partial charge >= 0.3 is 0 Å². The summed E-state index contributed by atoms with van der Waals surface area (Å²) in [6.07, 6.45) is 8.23. The van der Waals surface area contributed by atoms with E-state index in [1.165, 1.54) is 22.1 Å².